The van der Waals surface area contributed by atoms with Crippen LogP contribution < -0.4 is 0 Å². The van der Waals surface area contributed by atoms with E-state index in [1.807, 2.05) is 0 Å². The maximum atomic E-state index is 10.0. The van der Waals surface area contributed by atoms with Crippen molar-refractivity contribution < 1.29 is 30.0 Å². The van der Waals surface area contributed by atoms with Crippen molar-refractivity contribution >= 4 is 16.7 Å². The third-order valence-corrected chi connectivity index (χ3v) is 4.38. The molecule has 3 rings (SSSR count). The van der Waals surface area contributed by atoms with Crippen molar-refractivity contribution in [3.8, 4) is 11.3 Å². The van der Waals surface area contributed by atoms with E-state index in [2.05, 4.69) is 83.1 Å². The number of hydrogen-bond donors (Lipinski definition) is 1. The number of benzene rings is 2. The predicted molar refractivity (Wildman–Crippen MR) is 121 cm³/mol. The van der Waals surface area contributed by atoms with E-state index in [9.17, 15) is 4.79 Å². The molecule has 4 heteroatoms. The molecule has 30 heavy (non-hydrogen) atoms. The number of aliphatic hydroxyl groups excluding tert-OH is 1. The summed E-state index contributed by atoms with van der Waals surface area (Å²) in [6.07, 6.45) is 1.17. The van der Waals surface area contributed by atoms with Gasteiger partial charge in [0.1, 0.15) is 0 Å². The fourth-order valence-corrected chi connectivity index (χ4v) is 3.29. The number of nitrogens with zero attached hydrogens (tertiary/aromatic N) is 1. The van der Waals surface area contributed by atoms with Gasteiger partial charge in [-0.2, -0.15) is 0 Å². The largest absolute Gasteiger partial charge is 0.512 e. The third-order valence-electron chi connectivity index (χ3n) is 4.38. The fourth-order valence-electron chi connectivity index (χ4n) is 3.29. The summed E-state index contributed by atoms with van der Waals surface area (Å²) >= 11 is 0. The second kappa shape index (κ2) is 10.7. The van der Waals surface area contributed by atoms with Gasteiger partial charge in [-0.25, -0.2) is 0 Å². The molecule has 0 aliphatic carbocycles. The first-order valence-electron chi connectivity index (χ1n) is 9.76. The number of hydrogen-bond acceptors (Lipinski definition) is 3. The van der Waals surface area contributed by atoms with Crippen LogP contribution >= 0.6 is 0 Å². The smallest absolute Gasteiger partial charge is 0.155 e. The number of aryl methyl sites for hydroxylation is 2. The van der Waals surface area contributed by atoms with Crippen LogP contribution in [0.1, 0.15) is 51.3 Å². The van der Waals surface area contributed by atoms with Crippen LogP contribution in [0, 0.1) is 19.9 Å². The number of aliphatic hydroxyl groups is 1. The van der Waals surface area contributed by atoms with E-state index in [4.69, 9.17) is 10.1 Å². The molecular formula is C26H30IrNO2-. The maximum absolute atomic E-state index is 10.0. The molecule has 0 saturated carbocycles. The summed E-state index contributed by atoms with van der Waals surface area (Å²) in [5, 5.41) is 9.60. The molecule has 2 aromatic carbocycles. The Morgan fingerprint density at radius 3 is 2.23 bits per heavy atom. The van der Waals surface area contributed by atoms with Gasteiger partial charge in [0.2, 0.25) is 0 Å². The fraction of sp³-hybridized carbons (Fsp3) is 0.308. The number of carbonyl (C=O) groups excluding carboxylic acids is 1. The number of allylic oxidation sites excluding steroid dienone is 2. The summed E-state index contributed by atoms with van der Waals surface area (Å²) in [6.45, 7) is 13.8. The van der Waals surface area contributed by atoms with Gasteiger partial charge in [-0.15, -0.1) is 34.9 Å². The van der Waals surface area contributed by atoms with Gasteiger partial charge in [0, 0.05) is 31.6 Å². The van der Waals surface area contributed by atoms with Crippen LogP contribution in [0.25, 0.3) is 22.2 Å². The number of pyridine rings is 1. The molecule has 1 radical (unpaired) electrons. The number of aromatic nitrogens is 1. The quantitative estimate of drug-likeness (QED) is 0.210. The summed E-state index contributed by atoms with van der Waals surface area (Å²) in [7, 11) is 0. The van der Waals surface area contributed by atoms with Gasteiger partial charge in [-0.05, 0) is 36.6 Å². The molecule has 0 atom stereocenters. The Morgan fingerprint density at radius 1 is 1.07 bits per heavy atom. The van der Waals surface area contributed by atoms with Gasteiger partial charge < -0.3 is 5.11 Å². The first kappa shape index (κ1) is 25.7. The molecule has 161 valence electrons. The molecule has 0 bridgehead atoms. The van der Waals surface area contributed by atoms with Crippen molar-refractivity contribution in [1.82, 2.24) is 4.98 Å². The minimum Gasteiger partial charge on any atom is -0.512 e. The summed E-state index contributed by atoms with van der Waals surface area (Å²) < 4.78 is 0. The minimum atomic E-state index is -0.125. The van der Waals surface area contributed by atoms with Crippen LogP contribution in [-0.4, -0.2) is 15.9 Å². The molecule has 0 fully saturated rings. The van der Waals surface area contributed by atoms with Gasteiger partial charge in [0.25, 0.3) is 0 Å². The van der Waals surface area contributed by atoms with Crippen molar-refractivity contribution in [2.75, 3.05) is 0 Å². The van der Waals surface area contributed by atoms with E-state index < -0.39 is 0 Å². The maximum Gasteiger partial charge on any atom is 0.155 e. The Labute approximate surface area is 193 Å². The number of fused-ring (bicyclic) bond motifs is 1. The van der Waals surface area contributed by atoms with Crippen molar-refractivity contribution in [1.29, 1.82) is 0 Å². The van der Waals surface area contributed by atoms with Gasteiger partial charge in [-0.1, -0.05) is 58.9 Å². The minimum absolute atomic E-state index is 0. The summed E-state index contributed by atoms with van der Waals surface area (Å²) in [4.78, 5) is 14.9. The van der Waals surface area contributed by atoms with E-state index in [1.165, 1.54) is 36.4 Å². The molecule has 3 nitrogen and oxygen atoms in total. The van der Waals surface area contributed by atoms with Crippen molar-refractivity contribution in [3.63, 3.8) is 0 Å². The van der Waals surface area contributed by atoms with E-state index in [0.29, 0.717) is 0 Å². The summed E-state index contributed by atoms with van der Waals surface area (Å²) in [5.74, 6) is -0.0625. The molecule has 0 amide bonds. The van der Waals surface area contributed by atoms with Crippen LogP contribution in [0.5, 0.6) is 0 Å². The molecule has 1 heterocycles. The average Bonchev–Trinajstić information content (AvgIpc) is 2.58. The molecule has 0 unspecified atom stereocenters. The summed E-state index contributed by atoms with van der Waals surface area (Å²) in [6, 6.07) is 18.4. The van der Waals surface area contributed by atoms with Crippen molar-refractivity contribution in [2.24, 2.45) is 0 Å². The Hall–Kier alpha value is -2.29. The first-order valence-corrected chi connectivity index (χ1v) is 9.76. The van der Waals surface area contributed by atoms with Crippen LogP contribution in [0.3, 0.4) is 0 Å². The first-order chi connectivity index (χ1) is 13.5. The monoisotopic (exact) mass is 581 g/mol. The second-order valence-electron chi connectivity index (χ2n) is 8.47. The van der Waals surface area contributed by atoms with E-state index in [-0.39, 0.29) is 37.1 Å². The van der Waals surface area contributed by atoms with Crippen LogP contribution in [0.4, 0.5) is 0 Å². The van der Waals surface area contributed by atoms with Crippen LogP contribution in [-0.2, 0) is 30.3 Å². The van der Waals surface area contributed by atoms with Crippen LogP contribution in [0.2, 0.25) is 0 Å². The molecule has 1 N–H and O–H groups in total. The van der Waals surface area contributed by atoms with E-state index >= 15 is 0 Å². The van der Waals surface area contributed by atoms with Crippen LogP contribution in [0.15, 0.2) is 54.3 Å². The second-order valence-corrected chi connectivity index (χ2v) is 8.47. The predicted octanol–water partition coefficient (Wildman–Crippen LogP) is 6.65. The molecular weight excluding hydrogens is 551 g/mol. The number of carbonyl (C=O) groups is 1. The molecule has 0 aliphatic rings. The topological polar surface area (TPSA) is 50.2 Å². The zero-order chi connectivity index (χ0) is 21.8. The average molecular weight is 581 g/mol. The zero-order valence-electron chi connectivity index (χ0n) is 18.8. The number of ketones is 1. The van der Waals surface area contributed by atoms with Gasteiger partial charge in [0.05, 0.1) is 11.3 Å². The molecule has 0 aliphatic heterocycles. The van der Waals surface area contributed by atoms with Crippen molar-refractivity contribution in [3.05, 3.63) is 77.1 Å². The standard InChI is InChI=1S/C21H22N.C5H8O2.Ir/c1-14-11-15(2)13-16(12-14)19-10-9-17-18(21(3,4)5)7-6-8-20(17)22-19;1-4(6)3-5(2)7;/h6-12H,1-5H3;3,6H,1-2H3;/q-1;;/b;4-3-;. The SMILES string of the molecule is CC(=O)/C=C(/C)O.Cc1[c-]c(-c2ccc3c(C(C)(C)C)cccc3n2)cc(C)c1.[Ir]. The zero-order valence-corrected chi connectivity index (χ0v) is 21.1. The van der Waals surface area contributed by atoms with Gasteiger partial charge >= 0.3 is 0 Å². The number of rotatable bonds is 2. The molecule has 0 spiro atoms. The molecule has 1 aromatic heterocycles. The molecule has 0 saturated heterocycles. The third kappa shape index (κ3) is 7.19. The normalized spacial score (nSPS) is 11.4. The Bertz CT molecular complexity index is 1040. The Morgan fingerprint density at radius 2 is 1.73 bits per heavy atom. The van der Waals surface area contributed by atoms with Gasteiger partial charge in [0.15, 0.2) is 5.78 Å². The molecule has 3 aromatic rings. The Balaban J connectivity index is 0.000000489. The van der Waals surface area contributed by atoms with E-state index in [0.717, 1.165) is 22.3 Å². The Kier molecular flexibility index (Phi) is 9.14. The van der Waals surface area contributed by atoms with Gasteiger partial charge in [-0.3, -0.25) is 9.78 Å². The van der Waals surface area contributed by atoms with Crippen molar-refractivity contribution in [2.45, 2.75) is 53.9 Å². The summed E-state index contributed by atoms with van der Waals surface area (Å²) in [5.41, 5.74) is 6.98. The van der Waals surface area contributed by atoms with E-state index in [1.54, 1.807) is 0 Å².